The minimum absolute atomic E-state index is 0.105. The highest BCUT2D eigenvalue weighted by Crippen LogP contribution is 2.33. The van der Waals surface area contributed by atoms with E-state index in [4.69, 9.17) is 0 Å². The summed E-state index contributed by atoms with van der Waals surface area (Å²) in [6.45, 7) is 7.79. The van der Waals surface area contributed by atoms with Crippen LogP contribution in [0, 0.1) is 27.7 Å². The summed E-state index contributed by atoms with van der Waals surface area (Å²) in [6, 6.07) is 11.7. The standard InChI is InChI=1S/C22H23N3O3S/c1-13-5-7-17(8-6-13)25-21(18-11-29(27,28)12-19(18)24-25)23-22(26)20-15(3)9-14(2)10-16(20)4/h5-10H,11-12H2,1-4H3,(H,23,26). The van der Waals surface area contributed by atoms with Crippen molar-refractivity contribution in [3.8, 4) is 5.69 Å². The monoisotopic (exact) mass is 409 g/mol. The van der Waals surface area contributed by atoms with Gasteiger partial charge in [0, 0.05) is 11.1 Å². The Balaban J connectivity index is 1.81. The Morgan fingerprint density at radius 1 is 0.966 bits per heavy atom. The molecule has 6 nitrogen and oxygen atoms in total. The molecule has 29 heavy (non-hydrogen) atoms. The number of hydrogen-bond donors (Lipinski definition) is 1. The van der Waals surface area contributed by atoms with E-state index < -0.39 is 9.84 Å². The molecule has 0 bridgehead atoms. The third-order valence-electron chi connectivity index (χ3n) is 5.20. The van der Waals surface area contributed by atoms with Crippen LogP contribution in [0.5, 0.6) is 0 Å². The maximum Gasteiger partial charge on any atom is 0.257 e. The zero-order valence-corrected chi connectivity index (χ0v) is 17.7. The molecule has 3 aromatic rings. The van der Waals surface area contributed by atoms with Gasteiger partial charge in [0.1, 0.15) is 5.82 Å². The molecule has 0 saturated carbocycles. The van der Waals surface area contributed by atoms with Crippen molar-refractivity contribution in [1.29, 1.82) is 0 Å². The van der Waals surface area contributed by atoms with Crippen molar-refractivity contribution in [3.63, 3.8) is 0 Å². The lowest BCUT2D eigenvalue weighted by atomic mass is 9.99. The fraction of sp³-hybridized carbons (Fsp3) is 0.273. The average Bonchev–Trinajstić information content (AvgIpc) is 3.07. The molecule has 1 amide bonds. The molecule has 150 valence electrons. The fourth-order valence-corrected chi connectivity index (χ4v) is 5.45. The number of aryl methyl sites for hydroxylation is 4. The zero-order valence-electron chi connectivity index (χ0n) is 16.9. The van der Waals surface area contributed by atoms with Gasteiger partial charge in [-0.1, -0.05) is 35.4 Å². The Morgan fingerprint density at radius 3 is 2.21 bits per heavy atom. The number of amides is 1. The Bertz CT molecular complexity index is 1220. The molecule has 1 N–H and O–H groups in total. The first-order valence-electron chi connectivity index (χ1n) is 9.42. The Hall–Kier alpha value is -2.93. The highest BCUT2D eigenvalue weighted by molar-refractivity contribution is 7.90. The van der Waals surface area contributed by atoms with E-state index in [9.17, 15) is 13.2 Å². The molecule has 0 aliphatic carbocycles. The molecule has 2 aromatic carbocycles. The predicted molar refractivity (Wildman–Crippen MR) is 113 cm³/mol. The lowest BCUT2D eigenvalue weighted by Crippen LogP contribution is -2.19. The summed E-state index contributed by atoms with van der Waals surface area (Å²) in [5.41, 5.74) is 6.40. The van der Waals surface area contributed by atoms with Crippen LogP contribution >= 0.6 is 0 Å². The second-order valence-electron chi connectivity index (χ2n) is 7.78. The molecule has 0 unspecified atom stereocenters. The smallest absolute Gasteiger partial charge is 0.257 e. The summed E-state index contributed by atoms with van der Waals surface area (Å²) in [5.74, 6) is -0.0582. The van der Waals surface area contributed by atoms with E-state index in [0.717, 1.165) is 27.9 Å². The summed E-state index contributed by atoms with van der Waals surface area (Å²) in [4.78, 5) is 13.2. The molecule has 0 fully saturated rings. The van der Waals surface area contributed by atoms with Gasteiger partial charge in [-0.05, 0) is 51.0 Å². The normalized spacial score (nSPS) is 14.6. The van der Waals surface area contributed by atoms with Crippen LogP contribution in [0.2, 0.25) is 0 Å². The van der Waals surface area contributed by atoms with Crippen molar-refractivity contribution >= 4 is 21.6 Å². The summed E-state index contributed by atoms with van der Waals surface area (Å²) in [7, 11) is -3.24. The number of aromatic nitrogens is 2. The van der Waals surface area contributed by atoms with Gasteiger partial charge >= 0.3 is 0 Å². The predicted octanol–water partition coefficient (Wildman–Crippen LogP) is 3.79. The van der Waals surface area contributed by atoms with E-state index in [1.165, 1.54) is 0 Å². The van der Waals surface area contributed by atoms with Gasteiger partial charge in [0.2, 0.25) is 0 Å². The number of nitrogens with zero attached hydrogens (tertiary/aromatic N) is 2. The van der Waals surface area contributed by atoms with Crippen LogP contribution in [-0.2, 0) is 21.3 Å². The number of anilines is 1. The summed E-state index contributed by atoms with van der Waals surface area (Å²) in [5, 5.41) is 7.47. The minimum Gasteiger partial charge on any atom is -0.306 e. The van der Waals surface area contributed by atoms with Crippen molar-refractivity contribution in [1.82, 2.24) is 9.78 Å². The van der Waals surface area contributed by atoms with Crippen LogP contribution in [0.3, 0.4) is 0 Å². The number of fused-ring (bicyclic) bond motifs is 1. The van der Waals surface area contributed by atoms with E-state index >= 15 is 0 Å². The summed E-state index contributed by atoms with van der Waals surface area (Å²) in [6.07, 6.45) is 0. The number of carbonyl (C=O) groups excluding carboxylic acids is 1. The molecule has 2 heterocycles. The zero-order chi connectivity index (χ0) is 20.9. The van der Waals surface area contributed by atoms with Gasteiger partial charge < -0.3 is 5.32 Å². The van der Waals surface area contributed by atoms with Crippen molar-refractivity contribution in [2.24, 2.45) is 0 Å². The largest absolute Gasteiger partial charge is 0.306 e. The molecule has 1 aliphatic rings. The molecule has 1 aromatic heterocycles. The lowest BCUT2D eigenvalue weighted by Gasteiger charge is -2.14. The van der Waals surface area contributed by atoms with Gasteiger partial charge in [-0.25, -0.2) is 13.1 Å². The molecule has 0 saturated heterocycles. The van der Waals surface area contributed by atoms with E-state index in [1.54, 1.807) is 4.68 Å². The molecular formula is C22H23N3O3S. The topological polar surface area (TPSA) is 81.1 Å². The minimum atomic E-state index is -3.24. The molecule has 4 rings (SSSR count). The third-order valence-corrected chi connectivity index (χ3v) is 6.64. The number of carbonyl (C=O) groups is 1. The fourth-order valence-electron chi connectivity index (χ4n) is 3.95. The van der Waals surface area contributed by atoms with Crippen molar-refractivity contribution < 1.29 is 13.2 Å². The van der Waals surface area contributed by atoms with Crippen LogP contribution < -0.4 is 5.32 Å². The molecule has 1 aliphatic heterocycles. The number of nitrogens with one attached hydrogen (secondary N) is 1. The number of rotatable bonds is 3. The molecule has 0 radical (unpaired) electrons. The van der Waals surface area contributed by atoms with Crippen molar-refractivity contribution in [2.45, 2.75) is 39.2 Å². The SMILES string of the molecule is Cc1ccc(-n2nc3c(c2NC(=O)c2c(C)cc(C)cc2C)CS(=O)(=O)C3)cc1. The molecule has 0 atom stereocenters. The van der Waals surface area contributed by atoms with Crippen LogP contribution in [0.25, 0.3) is 5.69 Å². The number of hydrogen-bond acceptors (Lipinski definition) is 4. The first-order chi connectivity index (χ1) is 13.6. The third kappa shape index (κ3) is 3.58. The Morgan fingerprint density at radius 2 is 1.59 bits per heavy atom. The van der Waals surface area contributed by atoms with E-state index in [-0.39, 0.29) is 17.4 Å². The molecule has 0 spiro atoms. The number of sulfone groups is 1. The average molecular weight is 410 g/mol. The maximum atomic E-state index is 13.2. The first-order valence-corrected chi connectivity index (χ1v) is 11.2. The molecular weight excluding hydrogens is 386 g/mol. The van der Waals surface area contributed by atoms with Crippen molar-refractivity contribution in [2.75, 3.05) is 5.32 Å². The van der Waals surface area contributed by atoms with Gasteiger partial charge in [-0.3, -0.25) is 4.79 Å². The molecule has 7 heteroatoms. The second kappa shape index (κ2) is 6.84. The quantitative estimate of drug-likeness (QED) is 0.714. The van der Waals surface area contributed by atoms with Gasteiger partial charge in [-0.15, -0.1) is 0 Å². The van der Waals surface area contributed by atoms with Gasteiger partial charge in [0.25, 0.3) is 5.91 Å². The Kier molecular flexibility index (Phi) is 4.58. The van der Waals surface area contributed by atoms with Crippen LogP contribution in [0.4, 0.5) is 5.82 Å². The summed E-state index contributed by atoms with van der Waals surface area (Å²) < 4.78 is 25.9. The van der Waals surface area contributed by atoms with Crippen molar-refractivity contribution in [3.05, 3.63) is 75.5 Å². The van der Waals surface area contributed by atoms with Gasteiger partial charge in [0.15, 0.2) is 9.84 Å². The van der Waals surface area contributed by atoms with E-state index in [1.807, 2.05) is 64.1 Å². The first kappa shape index (κ1) is 19.4. The van der Waals surface area contributed by atoms with E-state index in [0.29, 0.717) is 22.6 Å². The maximum absolute atomic E-state index is 13.2. The van der Waals surface area contributed by atoms with Crippen LogP contribution in [0.1, 0.15) is 43.9 Å². The van der Waals surface area contributed by atoms with Gasteiger partial charge in [-0.2, -0.15) is 5.10 Å². The lowest BCUT2D eigenvalue weighted by molar-refractivity contribution is 0.102. The number of benzene rings is 2. The van der Waals surface area contributed by atoms with Gasteiger partial charge in [0.05, 0.1) is 22.9 Å². The van der Waals surface area contributed by atoms with E-state index in [2.05, 4.69) is 10.4 Å². The van der Waals surface area contributed by atoms with Crippen LogP contribution in [0.15, 0.2) is 36.4 Å². The highest BCUT2D eigenvalue weighted by atomic mass is 32.2. The van der Waals surface area contributed by atoms with Crippen LogP contribution in [-0.4, -0.2) is 24.1 Å². The Labute approximate surface area is 170 Å². The summed E-state index contributed by atoms with van der Waals surface area (Å²) >= 11 is 0. The second-order valence-corrected chi connectivity index (χ2v) is 9.85. The highest BCUT2D eigenvalue weighted by Gasteiger charge is 2.33.